The molecule has 1 aliphatic carbocycles. The number of guanidine groups is 2. The Balaban J connectivity index is 1.21. The molecule has 2 aromatic rings. The van der Waals surface area contributed by atoms with Crippen LogP contribution in [0.1, 0.15) is 50.4 Å². The maximum absolute atomic E-state index is 13.4. The van der Waals surface area contributed by atoms with Crippen molar-refractivity contribution in [3.8, 4) is 0 Å². The van der Waals surface area contributed by atoms with E-state index in [0.29, 0.717) is 5.56 Å². The molecular weight excluding hydrogens is 498 g/mol. The first kappa shape index (κ1) is 25.1. The minimum absolute atomic E-state index is 0.00123. The Morgan fingerprint density at radius 1 is 1.18 bits per heavy atom. The zero-order valence-corrected chi connectivity index (χ0v) is 21.7. The van der Waals surface area contributed by atoms with Crippen molar-refractivity contribution in [3.63, 3.8) is 0 Å². The molecule has 204 valence electrons. The normalized spacial score (nSPS) is 28.8. The Kier molecular flexibility index (Phi) is 6.13. The summed E-state index contributed by atoms with van der Waals surface area (Å²) in [6.07, 6.45) is 4.40. The summed E-state index contributed by atoms with van der Waals surface area (Å²) >= 11 is 0. The number of hydrogen-bond acceptors (Lipinski definition) is 6. The van der Waals surface area contributed by atoms with E-state index >= 15 is 0 Å². The van der Waals surface area contributed by atoms with E-state index in [1.165, 1.54) is 5.56 Å². The summed E-state index contributed by atoms with van der Waals surface area (Å²) in [4.78, 5) is 31.9. The number of fused-ring (bicyclic) bond motifs is 1. The van der Waals surface area contributed by atoms with Gasteiger partial charge in [-0.25, -0.2) is 0 Å². The molecule has 12 nitrogen and oxygen atoms in total. The van der Waals surface area contributed by atoms with Crippen molar-refractivity contribution in [1.82, 2.24) is 36.5 Å². The Bertz CT molecular complexity index is 1360. The van der Waals surface area contributed by atoms with Crippen LogP contribution >= 0.6 is 0 Å². The fourth-order valence-corrected chi connectivity index (χ4v) is 6.49. The molecule has 5 atom stereocenters. The number of aliphatic hydroxyl groups is 1. The predicted molar refractivity (Wildman–Crippen MR) is 144 cm³/mol. The number of carbonyl (C=O) groups is 2. The van der Waals surface area contributed by atoms with Crippen molar-refractivity contribution >= 4 is 23.7 Å². The summed E-state index contributed by atoms with van der Waals surface area (Å²) in [6.45, 7) is 2.18. The van der Waals surface area contributed by atoms with Gasteiger partial charge in [-0.1, -0.05) is 12.1 Å². The van der Waals surface area contributed by atoms with Gasteiger partial charge < -0.3 is 36.6 Å². The summed E-state index contributed by atoms with van der Waals surface area (Å²) in [7, 11) is 0. The van der Waals surface area contributed by atoms with Crippen LogP contribution in [-0.2, 0) is 12.8 Å². The highest BCUT2D eigenvalue weighted by atomic mass is 16.3. The van der Waals surface area contributed by atoms with Gasteiger partial charge in [-0.2, -0.15) is 0 Å². The van der Waals surface area contributed by atoms with Crippen LogP contribution in [0.15, 0.2) is 36.5 Å². The van der Waals surface area contributed by atoms with Crippen molar-refractivity contribution < 1.29 is 14.7 Å². The Labute approximate surface area is 226 Å². The summed E-state index contributed by atoms with van der Waals surface area (Å²) in [5.41, 5.74) is 2.85. The van der Waals surface area contributed by atoms with Crippen molar-refractivity contribution in [1.29, 1.82) is 10.8 Å². The van der Waals surface area contributed by atoms with Gasteiger partial charge in [0.15, 0.2) is 17.6 Å². The van der Waals surface area contributed by atoms with Gasteiger partial charge in [0.2, 0.25) is 0 Å². The molecule has 1 spiro atoms. The number of aromatic nitrogens is 1. The van der Waals surface area contributed by atoms with E-state index in [1.807, 2.05) is 25.1 Å². The van der Waals surface area contributed by atoms with Gasteiger partial charge in [0, 0.05) is 24.8 Å². The number of aryl methyl sites for hydroxylation is 2. The molecule has 6 rings (SSSR count). The molecule has 0 radical (unpaired) electrons. The average Bonchev–Trinajstić information content (AvgIpc) is 3.43. The lowest BCUT2D eigenvalue weighted by Gasteiger charge is -2.49. The van der Waals surface area contributed by atoms with E-state index < -0.39 is 29.9 Å². The number of nitrogens with one attached hydrogen (secondary N) is 7. The molecule has 4 heterocycles. The number of hydrogen-bond donors (Lipinski definition) is 8. The number of benzene rings is 1. The van der Waals surface area contributed by atoms with Crippen LogP contribution in [0.2, 0.25) is 0 Å². The highest BCUT2D eigenvalue weighted by Gasteiger charge is 2.66. The first-order chi connectivity index (χ1) is 18.8. The molecule has 3 saturated heterocycles. The molecular formula is C27H33N9O3. The van der Waals surface area contributed by atoms with E-state index in [9.17, 15) is 14.7 Å². The molecule has 8 N–H and O–H groups in total. The lowest BCUT2D eigenvalue weighted by atomic mass is 9.86. The number of rotatable bonds is 5. The van der Waals surface area contributed by atoms with Crippen LogP contribution in [0.25, 0.3) is 0 Å². The molecule has 3 fully saturated rings. The van der Waals surface area contributed by atoms with Gasteiger partial charge in [-0.15, -0.1) is 0 Å². The zero-order chi connectivity index (χ0) is 27.3. The van der Waals surface area contributed by atoms with Gasteiger partial charge in [-0.3, -0.25) is 25.4 Å². The number of carbonyl (C=O) groups excluding carboxylic acids is 2. The number of amides is 2. The van der Waals surface area contributed by atoms with E-state index in [0.717, 1.165) is 36.8 Å². The van der Waals surface area contributed by atoms with Crippen LogP contribution < -0.4 is 26.6 Å². The van der Waals surface area contributed by atoms with Crippen LogP contribution in [0.5, 0.6) is 0 Å². The Hall–Kier alpha value is -4.19. The third kappa shape index (κ3) is 4.15. The van der Waals surface area contributed by atoms with E-state index in [4.69, 9.17) is 10.8 Å². The van der Waals surface area contributed by atoms with Crippen LogP contribution in [0.4, 0.5) is 0 Å². The lowest BCUT2D eigenvalue weighted by Crippen LogP contribution is -2.78. The summed E-state index contributed by atoms with van der Waals surface area (Å²) in [6, 6.07) is 7.50. The molecule has 39 heavy (non-hydrogen) atoms. The smallest absolute Gasteiger partial charge is 0.269 e. The quantitative estimate of drug-likeness (QED) is 0.256. The minimum atomic E-state index is -1.25. The largest absolute Gasteiger partial charge is 0.386 e. The standard InChI is InChI=1S/C27H33N9O3/c1-14-9-10-30-18(11-14)24(39)31-12-19-21-27(35-25(28)34-21)22(37)20(13-36(27)26(29)33-19)32-23(38)17-8-4-6-15-5-2-3-7-16(15)17/h4,6,8-11,19-22,37H,2-3,5,7,12-13H2,1H3,(H2,29,33)(H,31,39)(H,32,38)(H3,28,34,35)/t19-,20?,21-,22+,27-/m0/s1. The Morgan fingerprint density at radius 3 is 2.82 bits per heavy atom. The molecule has 2 amide bonds. The lowest BCUT2D eigenvalue weighted by molar-refractivity contribution is 0.00612. The van der Waals surface area contributed by atoms with Crippen molar-refractivity contribution in [2.45, 2.75) is 62.5 Å². The van der Waals surface area contributed by atoms with E-state index in [-0.39, 0.29) is 42.5 Å². The molecule has 1 aromatic carbocycles. The highest BCUT2D eigenvalue weighted by molar-refractivity contribution is 5.97. The average molecular weight is 532 g/mol. The molecule has 3 aliphatic heterocycles. The molecule has 0 saturated carbocycles. The van der Waals surface area contributed by atoms with E-state index in [1.54, 1.807) is 17.2 Å². The second-order valence-corrected chi connectivity index (χ2v) is 10.8. The van der Waals surface area contributed by atoms with Crippen molar-refractivity contribution in [2.75, 3.05) is 13.1 Å². The molecule has 0 bridgehead atoms. The monoisotopic (exact) mass is 531 g/mol. The maximum atomic E-state index is 13.4. The van der Waals surface area contributed by atoms with Crippen molar-refractivity contribution in [3.05, 3.63) is 64.5 Å². The first-order valence-electron chi connectivity index (χ1n) is 13.3. The van der Waals surface area contributed by atoms with E-state index in [2.05, 4.69) is 37.6 Å². The van der Waals surface area contributed by atoms with Gasteiger partial charge >= 0.3 is 0 Å². The molecule has 4 aliphatic rings. The molecule has 1 unspecified atom stereocenters. The summed E-state index contributed by atoms with van der Waals surface area (Å²) in [5, 5.41) is 43.8. The third-order valence-electron chi connectivity index (χ3n) is 8.34. The molecule has 12 heteroatoms. The minimum Gasteiger partial charge on any atom is -0.386 e. The molecule has 1 aromatic heterocycles. The SMILES string of the molecule is Cc1ccnc(C(=O)NC[C@@H]2NC(=N)N3CC(NC(=O)c4cccc5c4CCCC5)[C@@H](O)[C@@]34NC(=N)N[C@@H]24)c1. The zero-order valence-electron chi connectivity index (χ0n) is 21.7. The third-order valence-corrected chi connectivity index (χ3v) is 8.34. The first-order valence-corrected chi connectivity index (χ1v) is 13.3. The second kappa shape index (κ2) is 9.53. The maximum Gasteiger partial charge on any atom is 0.269 e. The summed E-state index contributed by atoms with van der Waals surface area (Å²) < 4.78 is 0. The topological polar surface area (TPSA) is 178 Å². The fraction of sp³-hybridized carbons (Fsp3) is 0.444. The number of pyridine rings is 1. The predicted octanol–water partition coefficient (Wildman–Crippen LogP) is -0.427. The van der Waals surface area contributed by atoms with Crippen LogP contribution in [-0.4, -0.2) is 81.7 Å². The van der Waals surface area contributed by atoms with Crippen LogP contribution in [0, 0.1) is 17.7 Å². The summed E-state index contributed by atoms with van der Waals surface area (Å²) in [5.74, 6) is -0.564. The second-order valence-electron chi connectivity index (χ2n) is 10.8. The fourth-order valence-electron chi connectivity index (χ4n) is 6.49. The van der Waals surface area contributed by atoms with Gasteiger partial charge in [0.05, 0.1) is 18.1 Å². The van der Waals surface area contributed by atoms with Gasteiger partial charge in [0.1, 0.15) is 11.8 Å². The van der Waals surface area contributed by atoms with Crippen LogP contribution in [0.3, 0.4) is 0 Å². The highest BCUT2D eigenvalue weighted by Crippen LogP contribution is 2.37. The number of aliphatic hydroxyl groups excluding tert-OH is 1. The van der Waals surface area contributed by atoms with Gasteiger partial charge in [-0.05, 0) is 67.5 Å². The number of nitrogens with zero attached hydrogens (tertiary/aromatic N) is 2. The van der Waals surface area contributed by atoms with Gasteiger partial charge in [0.25, 0.3) is 11.8 Å². The van der Waals surface area contributed by atoms with Crippen molar-refractivity contribution in [2.24, 2.45) is 0 Å². The Morgan fingerprint density at radius 2 is 2.00 bits per heavy atom.